The molecule has 1 aliphatic heterocycles. The van der Waals surface area contributed by atoms with Gasteiger partial charge in [0, 0.05) is 19.2 Å². The SMILES string of the molecule is CC1CCCC(C)C1NCC1CCCO1. The predicted octanol–water partition coefficient (Wildman–Crippen LogP) is 2.58. The molecule has 0 aromatic carbocycles. The van der Waals surface area contributed by atoms with E-state index < -0.39 is 0 Å². The average Bonchev–Trinajstić information content (AvgIpc) is 2.70. The van der Waals surface area contributed by atoms with Crippen LogP contribution in [0.5, 0.6) is 0 Å². The Morgan fingerprint density at radius 2 is 1.80 bits per heavy atom. The largest absolute Gasteiger partial charge is 0.377 e. The number of ether oxygens (including phenoxy) is 1. The minimum atomic E-state index is 0.492. The Labute approximate surface area is 93.8 Å². The zero-order valence-corrected chi connectivity index (χ0v) is 10.2. The highest BCUT2D eigenvalue weighted by molar-refractivity contribution is 4.84. The van der Waals surface area contributed by atoms with Gasteiger partial charge in [0.05, 0.1) is 6.10 Å². The van der Waals surface area contributed by atoms with E-state index in [4.69, 9.17) is 4.74 Å². The lowest BCUT2D eigenvalue weighted by Crippen LogP contribution is -2.45. The minimum Gasteiger partial charge on any atom is -0.377 e. The molecular formula is C13H25NO. The monoisotopic (exact) mass is 211 g/mol. The highest BCUT2D eigenvalue weighted by atomic mass is 16.5. The van der Waals surface area contributed by atoms with Gasteiger partial charge in [-0.3, -0.25) is 0 Å². The normalized spacial score (nSPS) is 42.0. The van der Waals surface area contributed by atoms with Crippen molar-refractivity contribution in [3.63, 3.8) is 0 Å². The van der Waals surface area contributed by atoms with Gasteiger partial charge in [0.15, 0.2) is 0 Å². The fourth-order valence-electron chi connectivity index (χ4n) is 3.16. The molecule has 2 heteroatoms. The van der Waals surface area contributed by atoms with Gasteiger partial charge in [-0.05, 0) is 37.5 Å². The average molecular weight is 211 g/mol. The van der Waals surface area contributed by atoms with Crippen molar-refractivity contribution in [1.82, 2.24) is 5.32 Å². The molecule has 1 N–H and O–H groups in total. The van der Waals surface area contributed by atoms with Gasteiger partial charge < -0.3 is 10.1 Å². The summed E-state index contributed by atoms with van der Waals surface area (Å²) in [5.41, 5.74) is 0. The van der Waals surface area contributed by atoms with Gasteiger partial charge in [0.25, 0.3) is 0 Å². The van der Waals surface area contributed by atoms with E-state index in [1.165, 1.54) is 32.1 Å². The zero-order valence-electron chi connectivity index (χ0n) is 10.2. The summed E-state index contributed by atoms with van der Waals surface area (Å²) in [6.07, 6.45) is 7.21. The van der Waals surface area contributed by atoms with Crippen molar-refractivity contribution >= 4 is 0 Å². The van der Waals surface area contributed by atoms with Crippen molar-refractivity contribution in [3.05, 3.63) is 0 Å². The molecule has 1 saturated carbocycles. The highest BCUT2D eigenvalue weighted by Gasteiger charge is 2.28. The number of nitrogens with one attached hydrogen (secondary N) is 1. The minimum absolute atomic E-state index is 0.492. The molecule has 1 aliphatic carbocycles. The fourth-order valence-corrected chi connectivity index (χ4v) is 3.16. The molecule has 0 spiro atoms. The molecule has 0 aromatic rings. The predicted molar refractivity (Wildman–Crippen MR) is 62.9 cm³/mol. The summed E-state index contributed by atoms with van der Waals surface area (Å²) in [5.74, 6) is 1.69. The molecule has 2 fully saturated rings. The molecule has 88 valence electrons. The second kappa shape index (κ2) is 5.31. The maximum atomic E-state index is 5.65. The first-order chi connectivity index (χ1) is 7.27. The fraction of sp³-hybridized carbons (Fsp3) is 1.00. The molecule has 3 atom stereocenters. The quantitative estimate of drug-likeness (QED) is 0.774. The van der Waals surface area contributed by atoms with Crippen molar-refractivity contribution in [2.24, 2.45) is 11.8 Å². The van der Waals surface area contributed by atoms with Gasteiger partial charge in [-0.25, -0.2) is 0 Å². The van der Waals surface area contributed by atoms with Crippen LogP contribution in [0.1, 0.15) is 46.0 Å². The summed E-state index contributed by atoms with van der Waals surface area (Å²) in [4.78, 5) is 0. The first-order valence-electron chi connectivity index (χ1n) is 6.62. The molecule has 15 heavy (non-hydrogen) atoms. The first kappa shape index (κ1) is 11.4. The van der Waals surface area contributed by atoms with E-state index in [1.54, 1.807) is 0 Å². The van der Waals surface area contributed by atoms with Crippen LogP contribution >= 0.6 is 0 Å². The van der Waals surface area contributed by atoms with E-state index in [0.29, 0.717) is 6.10 Å². The molecule has 2 aliphatic rings. The van der Waals surface area contributed by atoms with Crippen molar-refractivity contribution in [2.75, 3.05) is 13.2 Å². The topological polar surface area (TPSA) is 21.3 Å². The van der Waals surface area contributed by atoms with Crippen molar-refractivity contribution in [3.8, 4) is 0 Å². The van der Waals surface area contributed by atoms with Gasteiger partial charge in [0.1, 0.15) is 0 Å². The van der Waals surface area contributed by atoms with Crippen LogP contribution in [0.3, 0.4) is 0 Å². The third kappa shape index (κ3) is 2.94. The lowest BCUT2D eigenvalue weighted by atomic mass is 9.78. The van der Waals surface area contributed by atoms with Gasteiger partial charge in [-0.2, -0.15) is 0 Å². The Hall–Kier alpha value is -0.0800. The number of hydrogen-bond donors (Lipinski definition) is 1. The molecule has 0 aromatic heterocycles. The van der Waals surface area contributed by atoms with Gasteiger partial charge in [-0.15, -0.1) is 0 Å². The van der Waals surface area contributed by atoms with Crippen LogP contribution < -0.4 is 5.32 Å². The van der Waals surface area contributed by atoms with Crippen LogP contribution in [0.2, 0.25) is 0 Å². The second-order valence-electron chi connectivity index (χ2n) is 5.45. The molecule has 0 amide bonds. The van der Waals surface area contributed by atoms with E-state index in [-0.39, 0.29) is 0 Å². The molecule has 0 bridgehead atoms. The van der Waals surface area contributed by atoms with Crippen LogP contribution in [0.25, 0.3) is 0 Å². The van der Waals surface area contributed by atoms with E-state index in [2.05, 4.69) is 19.2 Å². The third-order valence-electron chi connectivity index (χ3n) is 4.15. The van der Waals surface area contributed by atoms with Crippen LogP contribution in [-0.4, -0.2) is 25.3 Å². The number of rotatable bonds is 3. The lowest BCUT2D eigenvalue weighted by molar-refractivity contribution is 0.0968. The summed E-state index contributed by atoms with van der Waals surface area (Å²) >= 11 is 0. The summed E-state index contributed by atoms with van der Waals surface area (Å²) in [5, 5.41) is 3.74. The van der Waals surface area contributed by atoms with Crippen LogP contribution in [-0.2, 0) is 4.74 Å². The standard InChI is InChI=1S/C13H25NO/c1-10-5-3-6-11(2)13(10)14-9-12-7-4-8-15-12/h10-14H,3-9H2,1-2H3. The molecule has 1 heterocycles. The van der Waals surface area contributed by atoms with Crippen LogP contribution in [0.4, 0.5) is 0 Å². The zero-order chi connectivity index (χ0) is 10.7. The maximum absolute atomic E-state index is 5.65. The molecule has 3 unspecified atom stereocenters. The molecule has 2 nitrogen and oxygen atoms in total. The Bertz CT molecular complexity index is 179. The maximum Gasteiger partial charge on any atom is 0.0700 e. The van der Waals surface area contributed by atoms with Gasteiger partial charge in [0.2, 0.25) is 0 Å². The summed E-state index contributed by atoms with van der Waals surface area (Å²) in [7, 11) is 0. The Balaban J connectivity index is 1.75. The summed E-state index contributed by atoms with van der Waals surface area (Å²) in [6.45, 7) is 6.83. The summed E-state index contributed by atoms with van der Waals surface area (Å²) < 4.78 is 5.65. The van der Waals surface area contributed by atoms with Crippen LogP contribution in [0, 0.1) is 11.8 Å². The second-order valence-corrected chi connectivity index (χ2v) is 5.45. The van der Waals surface area contributed by atoms with E-state index in [9.17, 15) is 0 Å². The van der Waals surface area contributed by atoms with Crippen molar-refractivity contribution in [1.29, 1.82) is 0 Å². The first-order valence-corrected chi connectivity index (χ1v) is 6.62. The van der Waals surface area contributed by atoms with Crippen molar-refractivity contribution in [2.45, 2.75) is 58.1 Å². The lowest BCUT2D eigenvalue weighted by Gasteiger charge is -2.36. The Morgan fingerprint density at radius 3 is 2.40 bits per heavy atom. The van der Waals surface area contributed by atoms with Crippen LogP contribution in [0.15, 0.2) is 0 Å². The molecular weight excluding hydrogens is 186 g/mol. The van der Waals surface area contributed by atoms with Crippen molar-refractivity contribution < 1.29 is 4.74 Å². The highest BCUT2D eigenvalue weighted by Crippen LogP contribution is 2.28. The van der Waals surface area contributed by atoms with Gasteiger partial charge in [-0.1, -0.05) is 20.3 Å². The third-order valence-corrected chi connectivity index (χ3v) is 4.15. The molecule has 1 saturated heterocycles. The van der Waals surface area contributed by atoms with E-state index >= 15 is 0 Å². The molecule has 0 radical (unpaired) electrons. The van der Waals surface area contributed by atoms with Gasteiger partial charge >= 0.3 is 0 Å². The summed E-state index contributed by atoms with van der Waals surface area (Å²) in [6, 6.07) is 0.725. The number of hydrogen-bond acceptors (Lipinski definition) is 2. The Kier molecular flexibility index (Phi) is 4.04. The molecule has 2 rings (SSSR count). The van der Waals surface area contributed by atoms with E-state index in [1.807, 2.05) is 0 Å². The van der Waals surface area contributed by atoms with E-state index in [0.717, 1.165) is 31.0 Å². The smallest absolute Gasteiger partial charge is 0.0700 e. The Morgan fingerprint density at radius 1 is 1.07 bits per heavy atom.